The van der Waals surface area contributed by atoms with Crippen LogP contribution in [0.2, 0.25) is 5.02 Å². The lowest BCUT2D eigenvalue weighted by Crippen LogP contribution is -2.20. The van der Waals surface area contributed by atoms with Gasteiger partial charge in [-0.3, -0.25) is 9.78 Å². The van der Waals surface area contributed by atoms with Crippen molar-refractivity contribution in [3.8, 4) is 11.3 Å². The fourth-order valence-electron chi connectivity index (χ4n) is 1.78. The number of hydrogen-bond donors (Lipinski definition) is 1. The first-order valence-electron chi connectivity index (χ1n) is 6.61. The van der Waals surface area contributed by atoms with E-state index >= 15 is 0 Å². The SMILES string of the molecule is COC(=O)CS(=O)(=O)c1ncc(-c2ncc(C(F)(F)F)cc2Cl)c(N)n1. The van der Waals surface area contributed by atoms with Crippen LogP contribution in [0, 0.1) is 0 Å². The lowest BCUT2D eigenvalue weighted by atomic mass is 10.1. The van der Waals surface area contributed by atoms with Gasteiger partial charge < -0.3 is 10.5 Å². The van der Waals surface area contributed by atoms with E-state index in [4.69, 9.17) is 17.3 Å². The molecule has 0 aliphatic heterocycles. The summed E-state index contributed by atoms with van der Waals surface area (Å²) in [4.78, 5) is 21.9. The molecule has 0 saturated heterocycles. The Kier molecular flexibility index (Phi) is 5.37. The van der Waals surface area contributed by atoms with Crippen LogP contribution >= 0.6 is 11.6 Å². The van der Waals surface area contributed by atoms with E-state index in [1.54, 1.807) is 0 Å². The highest BCUT2D eigenvalue weighted by Crippen LogP contribution is 2.35. The Bertz CT molecular complexity index is 966. The summed E-state index contributed by atoms with van der Waals surface area (Å²) >= 11 is 5.81. The zero-order valence-electron chi connectivity index (χ0n) is 12.9. The van der Waals surface area contributed by atoms with Crippen LogP contribution in [-0.4, -0.2) is 42.2 Å². The van der Waals surface area contributed by atoms with Gasteiger partial charge in [-0.15, -0.1) is 0 Å². The second kappa shape index (κ2) is 7.03. The van der Waals surface area contributed by atoms with E-state index in [2.05, 4.69) is 19.7 Å². The Labute approximate surface area is 150 Å². The molecule has 0 aliphatic rings. The molecule has 0 radical (unpaired) electrons. The van der Waals surface area contributed by atoms with Gasteiger partial charge in [-0.25, -0.2) is 18.4 Å². The van der Waals surface area contributed by atoms with Crippen LogP contribution in [0.4, 0.5) is 19.0 Å². The molecule has 26 heavy (non-hydrogen) atoms. The van der Waals surface area contributed by atoms with E-state index in [0.29, 0.717) is 12.3 Å². The van der Waals surface area contributed by atoms with Gasteiger partial charge >= 0.3 is 12.1 Å². The van der Waals surface area contributed by atoms with Gasteiger partial charge in [0.1, 0.15) is 5.82 Å². The Morgan fingerprint density at radius 2 is 1.96 bits per heavy atom. The Morgan fingerprint density at radius 1 is 1.31 bits per heavy atom. The van der Waals surface area contributed by atoms with Crippen molar-refractivity contribution in [3.05, 3.63) is 29.0 Å². The van der Waals surface area contributed by atoms with E-state index < -0.39 is 44.3 Å². The number of nitrogen functional groups attached to an aromatic ring is 1. The van der Waals surface area contributed by atoms with Gasteiger partial charge in [-0.1, -0.05) is 11.6 Å². The molecular formula is C13H10ClF3N4O4S. The number of carbonyl (C=O) groups is 1. The first-order valence-corrected chi connectivity index (χ1v) is 8.64. The van der Waals surface area contributed by atoms with Crippen molar-refractivity contribution < 1.29 is 31.1 Å². The van der Waals surface area contributed by atoms with E-state index in [1.807, 2.05) is 0 Å². The first kappa shape index (κ1) is 19.8. The van der Waals surface area contributed by atoms with Crippen LogP contribution in [-0.2, 0) is 25.5 Å². The number of nitrogens with zero attached hydrogens (tertiary/aromatic N) is 3. The molecule has 140 valence electrons. The Hall–Kier alpha value is -2.47. The summed E-state index contributed by atoms with van der Waals surface area (Å²) in [5.74, 6) is -2.41. The first-order chi connectivity index (χ1) is 12.0. The monoisotopic (exact) mass is 410 g/mol. The number of alkyl halides is 3. The standard InChI is InChI=1S/C13H10ClF3N4O4S/c1-25-9(22)5-26(23,24)12-20-4-7(11(18)21-12)10-8(14)2-6(3-19-10)13(15,16)17/h2-4H,5H2,1H3,(H2,18,20,21). The van der Waals surface area contributed by atoms with Gasteiger partial charge in [0.25, 0.3) is 0 Å². The van der Waals surface area contributed by atoms with E-state index in [0.717, 1.165) is 13.3 Å². The maximum absolute atomic E-state index is 12.6. The third-order valence-electron chi connectivity index (χ3n) is 3.03. The van der Waals surface area contributed by atoms with Crippen molar-refractivity contribution in [2.75, 3.05) is 18.6 Å². The highest BCUT2D eigenvalue weighted by molar-refractivity contribution is 7.91. The molecule has 2 rings (SSSR count). The molecule has 2 N–H and O–H groups in total. The van der Waals surface area contributed by atoms with Crippen LogP contribution < -0.4 is 5.73 Å². The predicted octanol–water partition coefficient (Wildman–Crippen LogP) is 1.74. The normalized spacial score (nSPS) is 12.0. The highest BCUT2D eigenvalue weighted by Gasteiger charge is 2.32. The summed E-state index contributed by atoms with van der Waals surface area (Å²) in [5.41, 5.74) is 4.36. The minimum atomic E-state index is -4.64. The molecule has 0 fully saturated rings. The number of methoxy groups -OCH3 is 1. The number of halogens is 4. The number of aromatic nitrogens is 3. The van der Waals surface area contributed by atoms with Crippen molar-refractivity contribution >= 4 is 33.2 Å². The fraction of sp³-hybridized carbons (Fsp3) is 0.231. The summed E-state index contributed by atoms with van der Waals surface area (Å²) in [6, 6.07) is 0.644. The molecular weight excluding hydrogens is 401 g/mol. The number of hydrogen-bond acceptors (Lipinski definition) is 8. The molecule has 13 heteroatoms. The molecule has 0 atom stereocenters. The van der Waals surface area contributed by atoms with E-state index in [1.165, 1.54) is 0 Å². The van der Waals surface area contributed by atoms with Crippen molar-refractivity contribution in [1.82, 2.24) is 15.0 Å². The minimum Gasteiger partial charge on any atom is -0.468 e. The zero-order chi connectivity index (χ0) is 19.7. The summed E-state index contributed by atoms with van der Waals surface area (Å²) in [5, 5.41) is -1.12. The van der Waals surface area contributed by atoms with Gasteiger partial charge in [-0.05, 0) is 6.07 Å². The fourth-order valence-corrected chi connectivity index (χ4v) is 3.06. The molecule has 0 amide bonds. The van der Waals surface area contributed by atoms with Crippen molar-refractivity contribution in [1.29, 1.82) is 0 Å². The van der Waals surface area contributed by atoms with Crippen LogP contribution in [0.3, 0.4) is 0 Å². The quantitative estimate of drug-likeness (QED) is 0.596. The number of rotatable bonds is 4. The highest BCUT2D eigenvalue weighted by atomic mass is 35.5. The second-order valence-electron chi connectivity index (χ2n) is 4.84. The molecule has 0 spiro atoms. The third kappa shape index (κ3) is 4.19. The number of sulfone groups is 1. The summed E-state index contributed by atoms with van der Waals surface area (Å²) in [7, 11) is -3.20. The van der Waals surface area contributed by atoms with Gasteiger partial charge in [0.2, 0.25) is 15.0 Å². The number of anilines is 1. The molecule has 0 bridgehead atoms. The number of nitrogens with two attached hydrogens (primary N) is 1. The number of carbonyl (C=O) groups excluding carboxylic acids is 1. The molecule has 2 aromatic rings. The molecule has 0 aliphatic carbocycles. The van der Waals surface area contributed by atoms with Crippen molar-refractivity contribution in [3.63, 3.8) is 0 Å². The Morgan fingerprint density at radius 3 is 2.46 bits per heavy atom. The largest absolute Gasteiger partial charge is 0.468 e. The van der Waals surface area contributed by atoms with E-state index in [9.17, 15) is 26.4 Å². The average Bonchev–Trinajstić information content (AvgIpc) is 2.53. The lowest BCUT2D eigenvalue weighted by molar-refractivity contribution is -0.138. The zero-order valence-corrected chi connectivity index (χ0v) is 14.5. The summed E-state index contributed by atoms with van der Waals surface area (Å²) < 4.78 is 66.2. The summed E-state index contributed by atoms with van der Waals surface area (Å²) in [6.45, 7) is 0. The van der Waals surface area contributed by atoms with Crippen LogP contribution in [0.15, 0.2) is 23.6 Å². The molecule has 0 unspecified atom stereocenters. The van der Waals surface area contributed by atoms with Gasteiger partial charge in [0.15, 0.2) is 5.75 Å². The molecule has 2 heterocycles. The lowest BCUT2D eigenvalue weighted by Gasteiger charge is -2.10. The van der Waals surface area contributed by atoms with Gasteiger partial charge in [0.05, 0.1) is 29.0 Å². The van der Waals surface area contributed by atoms with Crippen LogP contribution in [0.1, 0.15) is 5.56 Å². The van der Waals surface area contributed by atoms with Crippen molar-refractivity contribution in [2.45, 2.75) is 11.3 Å². The molecule has 2 aromatic heterocycles. The topological polar surface area (TPSA) is 125 Å². The minimum absolute atomic E-state index is 0.0688. The third-order valence-corrected chi connectivity index (χ3v) is 4.69. The summed E-state index contributed by atoms with van der Waals surface area (Å²) in [6.07, 6.45) is -3.15. The molecule has 0 aromatic carbocycles. The predicted molar refractivity (Wildman–Crippen MR) is 83.8 cm³/mol. The molecule has 8 nitrogen and oxygen atoms in total. The maximum atomic E-state index is 12.6. The number of ether oxygens (including phenoxy) is 1. The Balaban J connectivity index is 2.44. The maximum Gasteiger partial charge on any atom is 0.417 e. The van der Waals surface area contributed by atoms with Crippen molar-refractivity contribution in [2.24, 2.45) is 0 Å². The van der Waals surface area contributed by atoms with Crippen LogP contribution in [0.5, 0.6) is 0 Å². The van der Waals surface area contributed by atoms with Gasteiger partial charge in [0, 0.05) is 12.4 Å². The number of esters is 1. The second-order valence-corrected chi connectivity index (χ2v) is 7.13. The smallest absolute Gasteiger partial charge is 0.417 e. The molecule has 0 saturated carbocycles. The van der Waals surface area contributed by atoms with E-state index in [-0.39, 0.29) is 16.3 Å². The number of pyridine rings is 1. The van der Waals surface area contributed by atoms with Crippen LogP contribution in [0.25, 0.3) is 11.3 Å². The van der Waals surface area contributed by atoms with Gasteiger partial charge in [-0.2, -0.15) is 13.2 Å². The average molecular weight is 411 g/mol.